The Hall–Kier alpha value is -1.86. The summed E-state index contributed by atoms with van der Waals surface area (Å²) in [5.74, 6) is -0.915. The average molecular weight is 367 g/mol. The molecule has 1 amide bonds. The zero-order valence-corrected chi connectivity index (χ0v) is 15.0. The molecule has 2 aromatic rings. The lowest BCUT2D eigenvalue weighted by atomic mass is 10.1. The highest BCUT2D eigenvalue weighted by Crippen LogP contribution is 2.18. The summed E-state index contributed by atoms with van der Waals surface area (Å²) < 4.78 is 18.6. The van der Waals surface area contributed by atoms with E-state index < -0.39 is 5.97 Å². The minimum atomic E-state index is -0.642. The molecule has 0 aliphatic carbocycles. The van der Waals surface area contributed by atoms with Crippen LogP contribution in [0.4, 0.5) is 4.39 Å². The lowest BCUT2D eigenvalue weighted by Crippen LogP contribution is -2.30. The number of carbonyl (C=O) groups is 2. The highest BCUT2D eigenvalue weighted by molar-refractivity contribution is 7.97. The molecule has 1 aromatic carbocycles. The SMILES string of the molecule is CSCc1cc(C(=O)OCC(=O)N[C@@H](C)c2cccs2)ccc1F. The lowest BCUT2D eigenvalue weighted by Gasteiger charge is -2.12. The largest absolute Gasteiger partial charge is 0.452 e. The van der Waals surface area contributed by atoms with E-state index in [1.54, 1.807) is 11.3 Å². The topological polar surface area (TPSA) is 55.4 Å². The first kappa shape index (κ1) is 18.5. The van der Waals surface area contributed by atoms with Gasteiger partial charge in [-0.15, -0.1) is 11.3 Å². The second-order valence-electron chi connectivity index (χ2n) is 5.12. The first-order valence-electron chi connectivity index (χ1n) is 7.28. The minimum absolute atomic E-state index is 0.143. The number of halogens is 1. The maximum Gasteiger partial charge on any atom is 0.338 e. The second-order valence-corrected chi connectivity index (χ2v) is 6.97. The Kier molecular flexibility index (Phi) is 6.81. The van der Waals surface area contributed by atoms with Crippen LogP contribution in [0.3, 0.4) is 0 Å². The van der Waals surface area contributed by atoms with E-state index in [1.165, 1.54) is 30.0 Å². The number of amides is 1. The van der Waals surface area contributed by atoms with Crippen molar-refractivity contribution in [1.29, 1.82) is 0 Å². The molecular formula is C17H18FNO3S2. The van der Waals surface area contributed by atoms with Crippen LogP contribution < -0.4 is 5.32 Å². The summed E-state index contributed by atoms with van der Waals surface area (Å²) in [7, 11) is 0. The molecule has 128 valence electrons. The molecule has 0 fully saturated rings. The third-order valence-electron chi connectivity index (χ3n) is 3.26. The van der Waals surface area contributed by atoms with Gasteiger partial charge in [-0.25, -0.2) is 9.18 Å². The molecule has 1 aromatic heterocycles. The van der Waals surface area contributed by atoms with E-state index in [1.807, 2.05) is 30.7 Å². The van der Waals surface area contributed by atoms with Crippen LogP contribution in [0.2, 0.25) is 0 Å². The maximum absolute atomic E-state index is 13.6. The van der Waals surface area contributed by atoms with Gasteiger partial charge in [0.25, 0.3) is 5.91 Å². The van der Waals surface area contributed by atoms with Gasteiger partial charge in [0.05, 0.1) is 11.6 Å². The normalized spacial score (nSPS) is 11.8. The van der Waals surface area contributed by atoms with Crippen molar-refractivity contribution < 1.29 is 18.7 Å². The second kappa shape index (κ2) is 8.84. The predicted octanol–water partition coefficient (Wildman–Crippen LogP) is 3.78. The van der Waals surface area contributed by atoms with Gasteiger partial charge in [0.15, 0.2) is 6.61 Å². The van der Waals surface area contributed by atoms with Crippen LogP contribution in [0.15, 0.2) is 35.7 Å². The van der Waals surface area contributed by atoms with Gasteiger partial charge in [0.2, 0.25) is 0 Å². The molecule has 0 aliphatic rings. The van der Waals surface area contributed by atoms with Gasteiger partial charge in [-0.2, -0.15) is 11.8 Å². The Morgan fingerprint density at radius 3 is 2.83 bits per heavy atom. The summed E-state index contributed by atoms with van der Waals surface area (Å²) in [5.41, 5.74) is 0.673. The summed E-state index contributed by atoms with van der Waals surface area (Å²) >= 11 is 3.00. The van der Waals surface area contributed by atoms with Gasteiger partial charge >= 0.3 is 5.97 Å². The number of nitrogens with one attached hydrogen (secondary N) is 1. The van der Waals surface area contributed by atoms with Crippen molar-refractivity contribution in [3.8, 4) is 0 Å². The van der Waals surface area contributed by atoms with Crippen molar-refractivity contribution in [2.24, 2.45) is 0 Å². The minimum Gasteiger partial charge on any atom is -0.452 e. The summed E-state index contributed by atoms with van der Waals surface area (Å²) in [6, 6.07) is 7.74. The van der Waals surface area contributed by atoms with E-state index in [4.69, 9.17) is 4.74 Å². The van der Waals surface area contributed by atoms with Gasteiger partial charge in [-0.05, 0) is 48.4 Å². The van der Waals surface area contributed by atoms with Crippen LogP contribution in [-0.2, 0) is 15.3 Å². The number of carbonyl (C=O) groups excluding carboxylic acids is 2. The molecule has 1 atom stereocenters. The number of hydrogen-bond acceptors (Lipinski definition) is 5. The highest BCUT2D eigenvalue weighted by Gasteiger charge is 2.15. The van der Waals surface area contributed by atoms with Crippen LogP contribution >= 0.6 is 23.1 Å². The zero-order chi connectivity index (χ0) is 17.5. The molecule has 1 heterocycles. The van der Waals surface area contributed by atoms with Gasteiger partial charge in [0.1, 0.15) is 5.82 Å². The summed E-state index contributed by atoms with van der Waals surface area (Å²) in [5, 5.41) is 4.69. The molecule has 0 bridgehead atoms. The van der Waals surface area contributed by atoms with Crippen molar-refractivity contribution >= 4 is 35.0 Å². The summed E-state index contributed by atoms with van der Waals surface area (Å²) in [6.07, 6.45) is 1.85. The van der Waals surface area contributed by atoms with Gasteiger partial charge in [-0.3, -0.25) is 4.79 Å². The number of esters is 1. The van der Waals surface area contributed by atoms with Crippen LogP contribution in [0.25, 0.3) is 0 Å². The van der Waals surface area contributed by atoms with Gasteiger partial charge < -0.3 is 10.1 Å². The van der Waals surface area contributed by atoms with Crippen LogP contribution in [-0.4, -0.2) is 24.7 Å². The zero-order valence-electron chi connectivity index (χ0n) is 13.4. The summed E-state index contributed by atoms with van der Waals surface area (Å²) in [4.78, 5) is 24.9. The molecule has 0 radical (unpaired) electrons. The van der Waals surface area contributed by atoms with E-state index in [-0.39, 0.29) is 29.9 Å². The third-order valence-corrected chi connectivity index (χ3v) is 4.92. The molecule has 0 aliphatic heterocycles. The Morgan fingerprint density at radius 2 is 2.17 bits per heavy atom. The van der Waals surface area contributed by atoms with Crippen molar-refractivity contribution in [2.75, 3.05) is 12.9 Å². The highest BCUT2D eigenvalue weighted by atomic mass is 32.2. The van der Waals surface area contributed by atoms with Gasteiger partial charge in [-0.1, -0.05) is 6.07 Å². The molecular weight excluding hydrogens is 349 g/mol. The quantitative estimate of drug-likeness (QED) is 0.757. The van der Waals surface area contributed by atoms with E-state index in [2.05, 4.69) is 5.32 Å². The molecule has 0 saturated heterocycles. The van der Waals surface area contributed by atoms with E-state index in [0.29, 0.717) is 11.3 Å². The number of thiophene rings is 1. The Bertz CT molecular complexity index is 704. The fourth-order valence-electron chi connectivity index (χ4n) is 2.07. The number of benzene rings is 1. The van der Waals surface area contributed by atoms with E-state index in [9.17, 15) is 14.0 Å². The predicted molar refractivity (Wildman–Crippen MR) is 94.8 cm³/mol. The number of ether oxygens (including phenoxy) is 1. The standard InChI is InChI=1S/C17H18FNO3S2/c1-11(15-4-3-7-24-15)19-16(20)9-22-17(21)12-5-6-14(18)13(8-12)10-23-2/h3-8,11H,9-10H2,1-2H3,(H,19,20)/t11-/m0/s1. The first-order chi connectivity index (χ1) is 11.5. The van der Waals surface area contributed by atoms with Crippen molar-refractivity contribution in [1.82, 2.24) is 5.32 Å². The van der Waals surface area contributed by atoms with Crippen molar-refractivity contribution in [3.63, 3.8) is 0 Å². The average Bonchev–Trinajstić information content (AvgIpc) is 3.09. The molecule has 0 saturated carbocycles. The molecule has 0 spiro atoms. The van der Waals surface area contributed by atoms with Gasteiger partial charge in [0, 0.05) is 10.6 Å². The lowest BCUT2D eigenvalue weighted by molar-refractivity contribution is -0.124. The molecule has 4 nitrogen and oxygen atoms in total. The number of hydrogen-bond donors (Lipinski definition) is 1. The summed E-state index contributed by atoms with van der Waals surface area (Å²) in [6.45, 7) is 1.49. The fourth-order valence-corrected chi connectivity index (χ4v) is 3.34. The van der Waals surface area contributed by atoms with Crippen molar-refractivity contribution in [2.45, 2.75) is 18.7 Å². The van der Waals surface area contributed by atoms with Crippen LogP contribution in [0.1, 0.15) is 33.8 Å². The Balaban J connectivity index is 1.88. The molecule has 1 N–H and O–H groups in total. The smallest absolute Gasteiger partial charge is 0.338 e. The number of rotatable bonds is 7. The maximum atomic E-state index is 13.6. The fraction of sp³-hybridized carbons (Fsp3) is 0.294. The Labute approximate surface area is 148 Å². The molecule has 7 heteroatoms. The first-order valence-corrected chi connectivity index (χ1v) is 9.56. The Morgan fingerprint density at radius 1 is 1.38 bits per heavy atom. The molecule has 24 heavy (non-hydrogen) atoms. The molecule has 0 unspecified atom stereocenters. The van der Waals surface area contributed by atoms with Crippen LogP contribution in [0.5, 0.6) is 0 Å². The third kappa shape index (κ3) is 5.07. The van der Waals surface area contributed by atoms with E-state index >= 15 is 0 Å². The van der Waals surface area contributed by atoms with E-state index in [0.717, 1.165) is 4.88 Å². The molecule has 2 rings (SSSR count). The number of thioether (sulfide) groups is 1. The monoisotopic (exact) mass is 367 g/mol. The van der Waals surface area contributed by atoms with Crippen molar-refractivity contribution in [3.05, 3.63) is 57.5 Å². The van der Waals surface area contributed by atoms with Crippen LogP contribution in [0, 0.1) is 5.82 Å².